The lowest BCUT2D eigenvalue weighted by Crippen LogP contribution is -2.32. The molecule has 21 heavy (non-hydrogen) atoms. The number of nitrogens with one attached hydrogen (secondary N) is 2. The third-order valence-electron chi connectivity index (χ3n) is 4.09. The summed E-state index contributed by atoms with van der Waals surface area (Å²) >= 11 is 0. The van der Waals surface area contributed by atoms with E-state index in [1.54, 1.807) is 12.3 Å². The second-order valence-electron chi connectivity index (χ2n) is 6.14. The van der Waals surface area contributed by atoms with Crippen molar-refractivity contribution in [2.24, 2.45) is 5.92 Å². The average Bonchev–Trinajstić information content (AvgIpc) is 2.78. The molecule has 1 aromatic rings. The molecule has 5 nitrogen and oxygen atoms in total. The molecular weight excluding hydrogens is 286 g/mol. The molecule has 0 unspecified atom stereocenters. The lowest BCUT2D eigenvalue weighted by Gasteiger charge is -2.25. The van der Waals surface area contributed by atoms with Crippen LogP contribution in [0.15, 0.2) is 17.2 Å². The first-order valence-electron chi connectivity index (χ1n) is 7.84. The number of aryl methyl sites for hydroxylation is 1. The van der Waals surface area contributed by atoms with E-state index >= 15 is 0 Å². The molecule has 2 N–H and O–H groups in total. The predicted octanol–water partition coefficient (Wildman–Crippen LogP) is 2.08. The minimum absolute atomic E-state index is 0.377. The Balaban J connectivity index is 2.06. The fourth-order valence-electron chi connectivity index (χ4n) is 2.43. The zero-order valence-electron chi connectivity index (χ0n) is 13.2. The Morgan fingerprint density at radius 3 is 2.62 bits per heavy atom. The van der Waals surface area contributed by atoms with Gasteiger partial charge in [0.05, 0.1) is 4.90 Å². The quantitative estimate of drug-likeness (QED) is 0.772. The van der Waals surface area contributed by atoms with Gasteiger partial charge in [-0.1, -0.05) is 20.3 Å². The van der Waals surface area contributed by atoms with Gasteiger partial charge in [-0.05, 0) is 31.7 Å². The van der Waals surface area contributed by atoms with Crippen LogP contribution in [0.1, 0.15) is 45.7 Å². The van der Waals surface area contributed by atoms with E-state index in [-0.39, 0.29) is 0 Å². The molecule has 1 saturated carbocycles. The van der Waals surface area contributed by atoms with Crippen LogP contribution < -0.4 is 10.0 Å². The monoisotopic (exact) mass is 313 g/mol. The van der Waals surface area contributed by atoms with Crippen molar-refractivity contribution in [3.8, 4) is 0 Å². The third-order valence-corrected chi connectivity index (χ3v) is 5.48. The van der Waals surface area contributed by atoms with E-state index in [2.05, 4.69) is 23.9 Å². The van der Waals surface area contributed by atoms with Gasteiger partial charge in [-0.2, -0.15) is 0 Å². The van der Waals surface area contributed by atoms with Crippen LogP contribution in [0.4, 0.5) is 0 Å². The molecule has 0 atom stereocenters. The van der Waals surface area contributed by atoms with Gasteiger partial charge in [0.1, 0.15) is 0 Å². The molecule has 2 rings (SSSR count). The van der Waals surface area contributed by atoms with E-state index in [1.807, 2.05) is 11.5 Å². The van der Waals surface area contributed by atoms with Crippen molar-refractivity contribution in [2.45, 2.75) is 64.1 Å². The summed E-state index contributed by atoms with van der Waals surface area (Å²) in [5.41, 5.74) is 1.01. The van der Waals surface area contributed by atoms with Gasteiger partial charge in [-0.3, -0.25) is 0 Å². The molecule has 120 valence electrons. The highest BCUT2D eigenvalue weighted by Gasteiger charge is 2.22. The first kappa shape index (κ1) is 16.5. The number of sulfonamides is 1. The molecule has 0 saturated heterocycles. The molecule has 1 aliphatic carbocycles. The largest absolute Gasteiger partial charge is 0.349 e. The molecule has 0 aliphatic heterocycles. The van der Waals surface area contributed by atoms with E-state index in [4.69, 9.17) is 0 Å². The summed E-state index contributed by atoms with van der Waals surface area (Å²) in [6.07, 6.45) is 5.24. The number of aromatic nitrogens is 1. The van der Waals surface area contributed by atoms with Crippen LogP contribution >= 0.6 is 0 Å². The molecule has 0 radical (unpaired) electrons. The van der Waals surface area contributed by atoms with Gasteiger partial charge >= 0.3 is 0 Å². The molecule has 1 aliphatic rings. The molecule has 0 bridgehead atoms. The number of hydrogen-bond donors (Lipinski definition) is 2. The lowest BCUT2D eigenvalue weighted by atomic mass is 9.86. The first-order chi connectivity index (χ1) is 9.92. The Morgan fingerprint density at radius 2 is 2.10 bits per heavy atom. The topological polar surface area (TPSA) is 63.1 Å². The van der Waals surface area contributed by atoms with Crippen LogP contribution in [-0.4, -0.2) is 25.6 Å². The Kier molecular flexibility index (Phi) is 5.46. The van der Waals surface area contributed by atoms with Gasteiger partial charge in [0, 0.05) is 37.6 Å². The van der Waals surface area contributed by atoms with Crippen molar-refractivity contribution >= 4 is 10.0 Å². The van der Waals surface area contributed by atoms with Crippen molar-refractivity contribution in [3.63, 3.8) is 0 Å². The summed E-state index contributed by atoms with van der Waals surface area (Å²) in [5.74, 6) is 0.523. The maximum absolute atomic E-state index is 12.4. The Bertz CT molecular complexity index is 559. The highest BCUT2D eigenvalue weighted by atomic mass is 32.2. The first-order valence-corrected chi connectivity index (χ1v) is 9.32. The van der Waals surface area contributed by atoms with Crippen LogP contribution in [-0.2, 0) is 23.1 Å². The van der Waals surface area contributed by atoms with Crippen LogP contribution in [0.3, 0.4) is 0 Å². The van der Waals surface area contributed by atoms with Crippen LogP contribution in [0.5, 0.6) is 0 Å². The minimum Gasteiger partial charge on any atom is -0.349 e. The molecule has 0 aromatic carbocycles. The smallest absolute Gasteiger partial charge is 0.242 e. The maximum Gasteiger partial charge on any atom is 0.242 e. The summed E-state index contributed by atoms with van der Waals surface area (Å²) < 4.78 is 29.4. The van der Waals surface area contributed by atoms with Gasteiger partial charge in [0.2, 0.25) is 10.0 Å². The van der Waals surface area contributed by atoms with Gasteiger partial charge in [0.15, 0.2) is 0 Å². The molecule has 6 heteroatoms. The Morgan fingerprint density at radius 1 is 1.38 bits per heavy atom. The number of rotatable bonds is 8. The lowest BCUT2D eigenvalue weighted by molar-refractivity contribution is 0.316. The van der Waals surface area contributed by atoms with Gasteiger partial charge in [-0.25, -0.2) is 13.1 Å². The summed E-state index contributed by atoms with van der Waals surface area (Å²) in [4.78, 5) is 0.379. The Hall–Kier alpha value is -0.850. The van der Waals surface area contributed by atoms with Crippen molar-refractivity contribution in [2.75, 3.05) is 6.54 Å². The fourth-order valence-corrected chi connectivity index (χ4v) is 3.61. The summed E-state index contributed by atoms with van der Waals surface area (Å²) in [6, 6.07) is 2.16. The van der Waals surface area contributed by atoms with Crippen molar-refractivity contribution in [1.29, 1.82) is 0 Å². The van der Waals surface area contributed by atoms with Gasteiger partial charge in [-0.15, -0.1) is 0 Å². The number of hydrogen-bond acceptors (Lipinski definition) is 3. The molecule has 1 fully saturated rings. The molecule has 0 amide bonds. The summed E-state index contributed by atoms with van der Waals surface area (Å²) in [5, 5.41) is 3.33. The summed E-state index contributed by atoms with van der Waals surface area (Å²) in [6.45, 7) is 8.21. The highest BCUT2D eigenvalue weighted by Crippen LogP contribution is 2.26. The van der Waals surface area contributed by atoms with E-state index in [0.29, 0.717) is 29.9 Å². The SMILES string of the molecule is CCn1cc(S(=O)(=O)NCC2CCC2)cc1CNC(C)C. The highest BCUT2D eigenvalue weighted by molar-refractivity contribution is 7.89. The number of nitrogens with zero attached hydrogens (tertiary/aromatic N) is 1. The van der Waals surface area contributed by atoms with E-state index < -0.39 is 10.0 Å². The van der Waals surface area contributed by atoms with Gasteiger partial charge < -0.3 is 9.88 Å². The van der Waals surface area contributed by atoms with E-state index in [9.17, 15) is 8.42 Å². The fraction of sp³-hybridized carbons (Fsp3) is 0.733. The second-order valence-corrected chi connectivity index (χ2v) is 7.90. The van der Waals surface area contributed by atoms with Crippen LogP contribution in [0.2, 0.25) is 0 Å². The minimum atomic E-state index is -3.38. The zero-order chi connectivity index (χ0) is 15.5. The van der Waals surface area contributed by atoms with E-state index in [0.717, 1.165) is 25.1 Å². The molecule has 1 aromatic heterocycles. The van der Waals surface area contributed by atoms with Crippen LogP contribution in [0, 0.1) is 5.92 Å². The Labute approximate surface area is 128 Å². The maximum atomic E-state index is 12.4. The molecular formula is C15H27N3O2S. The van der Waals surface area contributed by atoms with Crippen molar-refractivity contribution < 1.29 is 8.42 Å². The third kappa shape index (κ3) is 4.31. The standard InChI is InChI=1S/C15H27N3O2S/c1-4-18-11-15(8-14(18)10-16-12(2)3)21(19,20)17-9-13-6-5-7-13/h8,11-13,16-17H,4-7,9-10H2,1-3H3. The normalized spacial score (nSPS) is 16.4. The van der Waals surface area contributed by atoms with Crippen LogP contribution in [0.25, 0.3) is 0 Å². The zero-order valence-corrected chi connectivity index (χ0v) is 14.0. The van der Waals surface area contributed by atoms with E-state index in [1.165, 1.54) is 6.42 Å². The summed E-state index contributed by atoms with van der Waals surface area (Å²) in [7, 11) is -3.38. The van der Waals surface area contributed by atoms with Crippen molar-refractivity contribution in [3.05, 3.63) is 18.0 Å². The average molecular weight is 313 g/mol. The van der Waals surface area contributed by atoms with Crippen molar-refractivity contribution in [1.82, 2.24) is 14.6 Å². The van der Waals surface area contributed by atoms with Gasteiger partial charge in [0.25, 0.3) is 0 Å². The molecule has 1 heterocycles. The molecule has 0 spiro atoms. The second kappa shape index (κ2) is 6.94. The predicted molar refractivity (Wildman–Crippen MR) is 84.6 cm³/mol.